The lowest BCUT2D eigenvalue weighted by Crippen LogP contribution is -2.30. The molecule has 0 atom stereocenters. The Morgan fingerprint density at radius 1 is 1.36 bits per heavy atom. The Hall–Kier alpha value is -3.11. The van der Waals surface area contributed by atoms with Crippen LogP contribution >= 0.6 is 11.6 Å². The number of pyridine rings is 1. The van der Waals surface area contributed by atoms with Gasteiger partial charge in [-0.3, -0.25) is 14.0 Å². The number of carbonyl (C=O) groups is 1. The van der Waals surface area contributed by atoms with Gasteiger partial charge in [0.15, 0.2) is 0 Å². The molecular formula is C22H25ClN6O3S. The van der Waals surface area contributed by atoms with Crippen LogP contribution in [0, 0.1) is 12.8 Å². The van der Waals surface area contributed by atoms with E-state index in [0.29, 0.717) is 33.7 Å². The minimum atomic E-state index is -3.79. The second-order valence-corrected chi connectivity index (χ2v) is 10.2. The average Bonchev–Trinajstić information content (AvgIpc) is 3.41. The number of hydrogen-bond donors (Lipinski definition) is 2. The van der Waals surface area contributed by atoms with Crippen LogP contribution in [0.4, 0.5) is 0 Å². The molecule has 11 heteroatoms. The molecule has 4 rings (SSSR count). The van der Waals surface area contributed by atoms with Crippen molar-refractivity contribution in [3.63, 3.8) is 0 Å². The molecule has 1 amide bonds. The summed E-state index contributed by atoms with van der Waals surface area (Å²) in [7, 11) is -2.00. The lowest BCUT2D eigenvalue weighted by molar-refractivity contribution is -0.114. The maximum Gasteiger partial charge on any atom is 0.257 e. The second kappa shape index (κ2) is 9.40. The summed E-state index contributed by atoms with van der Waals surface area (Å²) in [4.78, 5) is 16.7. The van der Waals surface area contributed by atoms with Crippen LogP contribution in [0.1, 0.15) is 24.1 Å². The number of halogens is 1. The average molecular weight is 489 g/mol. The zero-order valence-electron chi connectivity index (χ0n) is 18.3. The van der Waals surface area contributed by atoms with Gasteiger partial charge in [-0.2, -0.15) is 5.10 Å². The molecule has 1 aliphatic carbocycles. The molecule has 0 bridgehead atoms. The lowest BCUT2D eigenvalue weighted by Gasteiger charge is -2.07. The van der Waals surface area contributed by atoms with Crippen molar-refractivity contribution >= 4 is 44.6 Å². The van der Waals surface area contributed by atoms with Crippen molar-refractivity contribution in [2.24, 2.45) is 13.0 Å². The molecule has 2 N–H and O–H groups in total. The van der Waals surface area contributed by atoms with Crippen LogP contribution < -0.4 is 10.0 Å². The molecular weight excluding hydrogens is 464 g/mol. The van der Waals surface area contributed by atoms with E-state index in [-0.39, 0.29) is 5.75 Å². The van der Waals surface area contributed by atoms with E-state index >= 15 is 0 Å². The highest BCUT2D eigenvalue weighted by molar-refractivity contribution is 7.90. The normalized spacial score (nSPS) is 14.5. The summed E-state index contributed by atoms with van der Waals surface area (Å²) < 4.78 is 29.9. The Bertz CT molecular complexity index is 1350. The van der Waals surface area contributed by atoms with E-state index in [1.807, 2.05) is 29.8 Å². The quantitative estimate of drug-likeness (QED) is 0.448. The second-order valence-electron chi connectivity index (χ2n) is 8.03. The van der Waals surface area contributed by atoms with Crippen LogP contribution in [0.5, 0.6) is 0 Å². The first kappa shape index (κ1) is 23.1. The number of aromatic nitrogens is 4. The molecule has 0 saturated heterocycles. The standard InChI is InChI=1S/C22H25ClN6O3S/c1-15-19(6-7-20(30)27-33(31,32)11-3-9-24-13-16-4-5-16)22(28(2)26-15)29-10-8-17-12-18(23)14-25-21(17)29/h3,6-10,12,14,16,24H,4-5,11,13H2,1-2H3,(H,27,30)/b7-6+,9-3?. The van der Waals surface area contributed by atoms with Gasteiger partial charge in [0.1, 0.15) is 11.5 Å². The Balaban J connectivity index is 1.48. The summed E-state index contributed by atoms with van der Waals surface area (Å²) in [5.74, 6) is 0.361. The highest BCUT2D eigenvalue weighted by Gasteiger charge is 2.20. The van der Waals surface area contributed by atoms with Crippen LogP contribution in [0.25, 0.3) is 22.9 Å². The van der Waals surface area contributed by atoms with E-state index in [9.17, 15) is 13.2 Å². The van der Waals surface area contributed by atoms with Crippen molar-refractivity contribution < 1.29 is 13.2 Å². The fourth-order valence-corrected chi connectivity index (χ4v) is 4.49. The van der Waals surface area contributed by atoms with Gasteiger partial charge in [0, 0.05) is 43.0 Å². The first-order valence-electron chi connectivity index (χ1n) is 10.5. The van der Waals surface area contributed by atoms with Crippen LogP contribution in [0.3, 0.4) is 0 Å². The zero-order chi connectivity index (χ0) is 23.6. The molecule has 9 nitrogen and oxygen atoms in total. The number of nitrogens with zero attached hydrogens (tertiary/aromatic N) is 4. The van der Waals surface area contributed by atoms with E-state index in [1.165, 1.54) is 25.0 Å². The number of rotatable bonds is 9. The van der Waals surface area contributed by atoms with Gasteiger partial charge in [-0.15, -0.1) is 0 Å². The third-order valence-corrected chi connectivity index (χ3v) is 6.62. The summed E-state index contributed by atoms with van der Waals surface area (Å²) in [6.07, 6.45) is 11.7. The molecule has 3 heterocycles. The fourth-order valence-electron chi connectivity index (χ4n) is 3.51. The van der Waals surface area contributed by atoms with Gasteiger partial charge in [0.2, 0.25) is 10.0 Å². The van der Waals surface area contributed by atoms with Crippen molar-refractivity contribution in [2.75, 3.05) is 12.3 Å². The van der Waals surface area contributed by atoms with Crippen LogP contribution in [0.2, 0.25) is 5.02 Å². The van der Waals surface area contributed by atoms with Gasteiger partial charge >= 0.3 is 0 Å². The smallest absolute Gasteiger partial charge is 0.257 e. The van der Waals surface area contributed by atoms with Crippen molar-refractivity contribution in [3.8, 4) is 5.82 Å². The first-order chi connectivity index (χ1) is 15.7. The van der Waals surface area contributed by atoms with Gasteiger partial charge in [-0.25, -0.2) is 18.1 Å². The topological polar surface area (TPSA) is 111 Å². The number of sulfonamides is 1. The largest absolute Gasteiger partial charge is 0.391 e. The molecule has 174 valence electrons. The van der Waals surface area contributed by atoms with Crippen molar-refractivity contribution in [2.45, 2.75) is 19.8 Å². The summed E-state index contributed by atoms with van der Waals surface area (Å²) in [6, 6.07) is 3.70. The maximum absolute atomic E-state index is 12.3. The van der Waals surface area contributed by atoms with E-state index < -0.39 is 15.9 Å². The molecule has 0 aromatic carbocycles. The highest BCUT2D eigenvalue weighted by atomic mass is 35.5. The molecule has 33 heavy (non-hydrogen) atoms. The molecule has 3 aromatic rings. The minimum Gasteiger partial charge on any atom is -0.391 e. The maximum atomic E-state index is 12.3. The third kappa shape index (κ3) is 5.63. The summed E-state index contributed by atoms with van der Waals surface area (Å²) >= 11 is 6.04. The number of fused-ring (bicyclic) bond motifs is 1. The van der Waals surface area contributed by atoms with Crippen LogP contribution in [-0.4, -0.2) is 46.0 Å². The first-order valence-corrected chi connectivity index (χ1v) is 12.5. The Morgan fingerprint density at radius 2 is 2.15 bits per heavy atom. The van der Waals surface area contributed by atoms with Crippen molar-refractivity contribution in [1.29, 1.82) is 0 Å². The fraction of sp³-hybridized carbons (Fsp3) is 0.318. The van der Waals surface area contributed by atoms with E-state index in [0.717, 1.165) is 11.9 Å². The monoisotopic (exact) mass is 488 g/mol. The summed E-state index contributed by atoms with van der Waals surface area (Å²) in [5.41, 5.74) is 2.04. The molecule has 3 aromatic heterocycles. The molecule has 0 unspecified atom stereocenters. The zero-order valence-corrected chi connectivity index (χ0v) is 19.9. The van der Waals surface area contributed by atoms with E-state index in [2.05, 4.69) is 20.1 Å². The SMILES string of the molecule is Cc1nn(C)c(-n2ccc3cc(Cl)cnc32)c1/C=C/C(=O)NS(=O)(=O)CC=CNCC1CC1. The van der Waals surface area contributed by atoms with Gasteiger partial charge in [-0.1, -0.05) is 17.7 Å². The molecule has 1 fully saturated rings. The Labute approximate surface area is 197 Å². The molecule has 1 aliphatic rings. The molecule has 1 saturated carbocycles. The number of amides is 1. The highest BCUT2D eigenvalue weighted by Crippen LogP contribution is 2.27. The molecule has 0 spiro atoms. The van der Waals surface area contributed by atoms with Gasteiger partial charge in [-0.05, 0) is 50.1 Å². The van der Waals surface area contributed by atoms with Gasteiger partial charge < -0.3 is 5.32 Å². The lowest BCUT2D eigenvalue weighted by atomic mass is 10.2. The van der Waals surface area contributed by atoms with Gasteiger partial charge in [0.05, 0.1) is 16.5 Å². The summed E-state index contributed by atoms with van der Waals surface area (Å²) in [6.45, 7) is 2.66. The molecule has 0 radical (unpaired) electrons. The predicted molar refractivity (Wildman–Crippen MR) is 128 cm³/mol. The van der Waals surface area contributed by atoms with E-state index in [1.54, 1.807) is 30.2 Å². The molecule has 0 aliphatic heterocycles. The van der Waals surface area contributed by atoms with Crippen molar-refractivity contribution in [3.05, 3.63) is 59.2 Å². The number of hydrogen-bond acceptors (Lipinski definition) is 6. The minimum absolute atomic E-state index is 0.287. The third-order valence-electron chi connectivity index (χ3n) is 5.27. The van der Waals surface area contributed by atoms with Gasteiger partial charge in [0.25, 0.3) is 5.91 Å². The van der Waals surface area contributed by atoms with Crippen molar-refractivity contribution in [1.82, 2.24) is 29.4 Å². The predicted octanol–water partition coefficient (Wildman–Crippen LogP) is 2.69. The van der Waals surface area contributed by atoms with Crippen LogP contribution in [-0.2, 0) is 21.9 Å². The number of aryl methyl sites for hydroxylation is 2. The van der Waals surface area contributed by atoms with Crippen LogP contribution in [0.15, 0.2) is 42.9 Å². The van der Waals surface area contributed by atoms with E-state index in [4.69, 9.17) is 11.6 Å². The number of nitrogens with one attached hydrogen (secondary N) is 2. The Morgan fingerprint density at radius 3 is 2.91 bits per heavy atom. The number of carbonyl (C=O) groups excluding carboxylic acids is 1. The Kier molecular flexibility index (Phi) is 6.57. The summed E-state index contributed by atoms with van der Waals surface area (Å²) in [5, 5.41) is 8.91.